The lowest BCUT2D eigenvalue weighted by atomic mass is 10.2. The molecule has 0 fully saturated rings. The van der Waals surface area contributed by atoms with Gasteiger partial charge in [0.05, 0.1) is 6.54 Å². The monoisotopic (exact) mass is 288 g/mol. The predicted molar refractivity (Wildman–Crippen MR) is 76.1 cm³/mol. The SMILES string of the molecule is CCN(CC)C(=O)CNCc1c(Cl)cccc1Cl. The van der Waals surface area contributed by atoms with E-state index in [-0.39, 0.29) is 5.91 Å². The fraction of sp³-hybridized carbons (Fsp3) is 0.462. The third kappa shape index (κ3) is 4.16. The zero-order valence-electron chi connectivity index (χ0n) is 10.7. The summed E-state index contributed by atoms with van der Waals surface area (Å²) in [5.41, 5.74) is 0.827. The Morgan fingerprint density at radius 3 is 2.28 bits per heavy atom. The topological polar surface area (TPSA) is 32.3 Å². The molecule has 0 aliphatic carbocycles. The molecular weight excluding hydrogens is 271 g/mol. The summed E-state index contributed by atoms with van der Waals surface area (Å²) in [6, 6.07) is 5.38. The van der Waals surface area contributed by atoms with Gasteiger partial charge < -0.3 is 10.2 Å². The Bertz CT molecular complexity index is 386. The van der Waals surface area contributed by atoms with Gasteiger partial charge in [-0.2, -0.15) is 0 Å². The first-order valence-corrected chi connectivity index (χ1v) is 6.77. The molecule has 0 bridgehead atoms. The average Bonchev–Trinajstić information content (AvgIpc) is 2.34. The van der Waals surface area contributed by atoms with Crippen LogP contribution in [0.4, 0.5) is 0 Å². The molecule has 3 nitrogen and oxygen atoms in total. The molecule has 1 aromatic carbocycles. The molecule has 100 valence electrons. The number of amides is 1. The van der Waals surface area contributed by atoms with Crippen molar-refractivity contribution < 1.29 is 4.79 Å². The number of carbonyl (C=O) groups excluding carboxylic acids is 1. The summed E-state index contributed by atoms with van der Waals surface area (Å²) in [7, 11) is 0. The summed E-state index contributed by atoms with van der Waals surface area (Å²) in [5.74, 6) is 0.0863. The number of nitrogens with zero attached hydrogens (tertiary/aromatic N) is 1. The number of carbonyl (C=O) groups is 1. The van der Waals surface area contributed by atoms with Gasteiger partial charge in [-0.05, 0) is 26.0 Å². The van der Waals surface area contributed by atoms with Gasteiger partial charge in [0.1, 0.15) is 0 Å². The fourth-order valence-corrected chi connectivity index (χ4v) is 2.21. The third-order valence-electron chi connectivity index (χ3n) is 2.76. The maximum atomic E-state index is 11.8. The van der Waals surface area contributed by atoms with Gasteiger partial charge in [0.2, 0.25) is 5.91 Å². The van der Waals surface area contributed by atoms with Crippen LogP contribution in [0.5, 0.6) is 0 Å². The first kappa shape index (κ1) is 15.3. The van der Waals surface area contributed by atoms with Gasteiger partial charge in [-0.25, -0.2) is 0 Å². The van der Waals surface area contributed by atoms with E-state index in [0.717, 1.165) is 18.7 Å². The Morgan fingerprint density at radius 1 is 1.22 bits per heavy atom. The van der Waals surface area contributed by atoms with Crippen molar-refractivity contribution in [2.75, 3.05) is 19.6 Å². The molecule has 18 heavy (non-hydrogen) atoms. The predicted octanol–water partition coefficient (Wildman–Crippen LogP) is 2.95. The van der Waals surface area contributed by atoms with E-state index < -0.39 is 0 Å². The molecule has 0 aliphatic rings. The number of hydrogen-bond acceptors (Lipinski definition) is 2. The van der Waals surface area contributed by atoms with Gasteiger partial charge in [0, 0.05) is 35.2 Å². The van der Waals surface area contributed by atoms with E-state index in [1.165, 1.54) is 0 Å². The van der Waals surface area contributed by atoms with Gasteiger partial charge in [0.25, 0.3) is 0 Å². The molecule has 1 amide bonds. The lowest BCUT2D eigenvalue weighted by Gasteiger charge is -2.19. The molecule has 1 N–H and O–H groups in total. The lowest BCUT2D eigenvalue weighted by molar-refractivity contribution is -0.129. The molecule has 0 heterocycles. The largest absolute Gasteiger partial charge is 0.342 e. The Kier molecular flexibility index (Phi) is 6.47. The summed E-state index contributed by atoms with van der Waals surface area (Å²) in [6.07, 6.45) is 0. The standard InChI is InChI=1S/C13H18Cl2N2O/c1-3-17(4-2)13(18)9-16-8-10-11(14)6-5-7-12(10)15/h5-7,16H,3-4,8-9H2,1-2H3. The van der Waals surface area contributed by atoms with E-state index in [0.29, 0.717) is 23.1 Å². The number of hydrogen-bond donors (Lipinski definition) is 1. The highest BCUT2D eigenvalue weighted by atomic mass is 35.5. The van der Waals surface area contributed by atoms with Crippen molar-refractivity contribution >= 4 is 29.1 Å². The molecule has 0 atom stereocenters. The van der Waals surface area contributed by atoms with Crippen molar-refractivity contribution in [3.8, 4) is 0 Å². The fourth-order valence-electron chi connectivity index (χ4n) is 1.68. The minimum atomic E-state index is 0.0863. The van der Waals surface area contributed by atoms with E-state index >= 15 is 0 Å². The maximum Gasteiger partial charge on any atom is 0.236 e. The van der Waals surface area contributed by atoms with E-state index in [9.17, 15) is 4.79 Å². The highest BCUT2D eigenvalue weighted by molar-refractivity contribution is 6.35. The Morgan fingerprint density at radius 2 is 1.78 bits per heavy atom. The number of likely N-dealkylation sites (N-methyl/N-ethyl adjacent to an activating group) is 1. The summed E-state index contributed by atoms with van der Waals surface area (Å²) in [5, 5.41) is 4.30. The molecule has 0 aromatic heterocycles. The second-order valence-corrected chi connectivity index (χ2v) is 4.68. The van der Waals surface area contributed by atoms with Crippen LogP contribution in [-0.4, -0.2) is 30.4 Å². The highest BCUT2D eigenvalue weighted by Gasteiger charge is 2.10. The molecule has 0 saturated heterocycles. The van der Waals surface area contributed by atoms with Crippen molar-refractivity contribution in [3.63, 3.8) is 0 Å². The van der Waals surface area contributed by atoms with Crippen molar-refractivity contribution in [1.82, 2.24) is 10.2 Å². The van der Waals surface area contributed by atoms with Crippen molar-refractivity contribution in [1.29, 1.82) is 0 Å². The molecule has 0 unspecified atom stereocenters. The molecule has 1 rings (SSSR count). The number of benzene rings is 1. The van der Waals surface area contributed by atoms with Crippen molar-refractivity contribution in [2.24, 2.45) is 0 Å². The summed E-state index contributed by atoms with van der Waals surface area (Å²) in [4.78, 5) is 13.5. The molecule has 1 aromatic rings. The van der Waals surface area contributed by atoms with E-state index in [1.807, 2.05) is 13.8 Å². The van der Waals surface area contributed by atoms with Crippen LogP contribution in [0.25, 0.3) is 0 Å². The van der Waals surface area contributed by atoms with Crippen LogP contribution in [-0.2, 0) is 11.3 Å². The van der Waals surface area contributed by atoms with Crippen LogP contribution >= 0.6 is 23.2 Å². The van der Waals surface area contributed by atoms with Gasteiger partial charge in [-0.15, -0.1) is 0 Å². The summed E-state index contributed by atoms with van der Waals surface area (Å²) < 4.78 is 0. The third-order valence-corrected chi connectivity index (χ3v) is 3.46. The van der Waals surface area contributed by atoms with E-state index in [2.05, 4.69) is 5.32 Å². The van der Waals surface area contributed by atoms with Crippen LogP contribution in [0.2, 0.25) is 10.0 Å². The Balaban J connectivity index is 2.49. The lowest BCUT2D eigenvalue weighted by Crippen LogP contribution is -2.37. The first-order chi connectivity index (χ1) is 8.60. The van der Waals surface area contributed by atoms with Crippen LogP contribution < -0.4 is 5.32 Å². The van der Waals surface area contributed by atoms with E-state index in [1.54, 1.807) is 23.1 Å². The Hall–Kier alpha value is -0.770. The van der Waals surface area contributed by atoms with Crippen molar-refractivity contribution in [2.45, 2.75) is 20.4 Å². The minimum absolute atomic E-state index is 0.0863. The van der Waals surface area contributed by atoms with Gasteiger partial charge >= 0.3 is 0 Å². The zero-order valence-corrected chi connectivity index (χ0v) is 12.2. The molecule has 5 heteroatoms. The molecular formula is C13H18Cl2N2O. The minimum Gasteiger partial charge on any atom is -0.342 e. The highest BCUT2D eigenvalue weighted by Crippen LogP contribution is 2.23. The number of nitrogens with one attached hydrogen (secondary N) is 1. The zero-order chi connectivity index (χ0) is 13.5. The average molecular weight is 289 g/mol. The summed E-state index contributed by atoms with van der Waals surface area (Å²) >= 11 is 12.1. The van der Waals surface area contributed by atoms with Gasteiger partial charge in [-0.1, -0.05) is 29.3 Å². The van der Waals surface area contributed by atoms with Crippen LogP contribution in [0.1, 0.15) is 19.4 Å². The normalized spacial score (nSPS) is 10.4. The van der Waals surface area contributed by atoms with Crippen LogP contribution in [0.15, 0.2) is 18.2 Å². The maximum absolute atomic E-state index is 11.8. The number of halogens is 2. The van der Waals surface area contributed by atoms with Crippen molar-refractivity contribution in [3.05, 3.63) is 33.8 Å². The molecule has 0 spiro atoms. The quantitative estimate of drug-likeness (QED) is 0.873. The molecule has 0 radical (unpaired) electrons. The van der Waals surface area contributed by atoms with Gasteiger partial charge in [-0.3, -0.25) is 4.79 Å². The van der Waals surface area contributed by atoms with Crippen LogP contribution in [0, 0.1) is 0 Å². The van der Waals surface area contributed by atoms with Gasteiger partial charge in [0.15, 0.2) is 0 Å². The van der Waals surface area contributed by atoms with E-state index in [4.69, 9.17) is 23.2 Å². The molecule has 0 aliphatic heterocycles. The Labute approximate surface area is 118 Å². The second kappa shape index (κ2) is 7.62. The smallest absolute Gasteiger partial charge is 0.236 e. The second-order valence-electron chi connectivity index (χ2n) is 3.87. The first-order valence-electron chi connectivity index (χ1n) is 6.01. The number of rotatable bonds is 6. The summed E-state index contributed by atoms with van der Waals surface area (Å²) in [6.45, 7) is 6.17. The van der Waals surface area contributed by atoms with Crippen LogP contribution in [0.3, 0.4) is 0 Å². The molecule has 0 saturated carbocycles.